The molecule has 0 unspecified atom stereocenters. The van der Waals surface area contributed by atoms with E-state index in [-0.39, 0.29) is 12.6 Å². The maximum absolute atomic E-state index is 9.40. The fraction of sp³-hybridized carbons (Fsp3) is 0.357. The Balaban J connectivity index is 2.32. The third-order valence-electron chi connectivity index (χ3n) is 2.98. The Bertz CT molecular complexity index is 516. The van der Waals surface area contributed by atoms with Crippen LogP contribution in [0.1, 0.15) is 13.8 Å². The van der Waals surface area contributed by atoms with Gasteiger partial charge in [-0.25, -0.2) is 4.98 Å². The van der Waals surface area contributed by atoms with E-state index in [2.05, 4.69) is 34.1 Å². The molecule has 0 aliphatic rings. The number of nitrogens with zero attached hydrogens (tertiary/aromatic N) is 3. The van der Waals surface area contributed by atoms with Gasteiger partial charge in [0, 0.05) is 30.4 Å². The van der Waals surface area contributed by atoms with Crippen molar-refractivity contribution in [2.45, 2.75) is 19.9 Å². The van der Waals surface area contributed by atoms with Crippen molar-refractivity contribution in [3.8, 4) is 11.3 Å². The highest BCUT2D eigenvalue weighted by atomic mass is 16.3. The Morgan fingerprint density at radius 1 is 1.11 bits per heavy atom. The van der Waals surface area contributed by atoms with Gasteiger partial charge < -0.3 is 10.4 Å². The van der Waals surface area contributed by atoms with Gasteiger partial charge in [0.15, 0.2) is 5.82 Å². The highest BCUT2D eigenvalue weighted by molar-refractivity contribution is 5.70. The van der Waals surface area contributed by atoms with Gasteiger partial charge in [-0.1, -0.05) is 13.8 Å². The Morgan fingerprint density at radius 2 is 1.79 bits per heavy atom. The number of hydrogen-bond acceptors (Lipinski definition) is 5. The lowest BCUT2D eigenvalue weighted by molar-refractivity contribution is 0.249. The van der Waals surface area contributed by atoms with Crippen molar-refractivity contribution in [1.82, 2.24) is 15.0 Å². The van der Waals surface area contributed by atoms with E-state index >= 15 is 0 Å². The fourth-order valence-corrected chi connectivity index (χ4v) is 1.76. The molecule has 19 heavy (non-hydrogen) atoms. The Kier molecular flexibility index (Phi) is 4.41. The van der Waals surface area contributed by atoms with Gasteiger partial charge >= 0.3 is 0 Å². The molecule has 0 bridgehead atoms. The second-order valence-electron chi connectivity index (χ2n) is 4.67. The highest BCUT2D eigenvalue weighted by Gasteiger charge is 2.15. The normalized spacial score (nSPS) is 12.4. The van der Waals surface area contributed by atoms with E-state index in [9.17, 15) is 5.11 Å². The summed E-state index contributed by atoms with van der Waals surface area (Å²) >= 11 is 0. The van der Waals surface area contributed by atoms with Crippen LogP contribution in [0.25, 0.3) is 11.3 Å². The van der Waals surface area contributed by atoms with Gasteiger partial charge in [0.1, 0.15) is 5.69 Å². The van der Waals surface area contributed by atoms with Crippen LogP contribution in [-0.2, 0) is 0 Å². The number of aliphatic hydroxyl groups excluding tert-OH is 1. The Hall–Kier alpha value is -2.01. The molecule has 0 fully saturated rings. The first-order chi connectivity index (χ1) is 9.22. The highest BCUT2D eigenvalue weighted by Crippen LogP contribution is 2.23. The topological polar surface area (TPSA) is 70.9 Å². The van der Waals surface area contributed by atoms with Crippen LogP contribution < -0.4 is 5.32 Å². The molecule has 0 amide bonds. The third-order valence-corrected chi connectivity index (χ3v) is 2.98. The molecular formula is C14H18N4O. The van der Waals surface area contributed by atoms with Gasteiger partial charge in [-0.3, -0.25) is 9.97 Å². The molecule has 0 saturated heterocycles. The molecule has 5 nitrogen and oxygen atoms in total. The van der Waals surface area contributed by atoms with Gasteiger partial charge in [0.25, 0.3) is 0 Å². The number of hydrogen-bond donors (Lipinski definition) is 2. The summed E-state index contributed by atoms with van der Waals surface area (Å²) in [6, 6.07) is 3.73. The fourth-order valence-electron chi connectivity index (χ4n) is 1.76. The van der Waals surface area contributed by atoms with Crippen molar-refractivity contribution in [1.29, 1.82) is 0 Å². The zero-order valence-electron chi connectivity index (χ0n) is 11.1. The third kappa shape index (κ3) is 3.26. The van der Waals surface area contributed by atoms with Gasteiger partial charge in [-0.15, -0.1) is 0 Å². The van der Waals surface area contributed by atoms with Crippen LogP contribution in [0.2, 0.25) is 0 Å². The lowest BCUT2D eigenvalue weighted by Crippen LogP contribution is -2.30. The van der Waals surface area contributed by atoms with E-state index in [1.54, 1.807) is 24.8 Å². The van der Waals surface area contributed by atoms with Crippen molar-refractivity contribution in [3.05, 3.63) is 36.9 Å². The van der Waals surface area contributed by atoms with E-state index in [0.717, 1.165) is 11.3 Å². The van der Waals surface area contributed by atoms with Gasteiger partial charge in [-0.2, -0.15) is 0 Å². The van der Waals surface area contributed by atoms with E-state index in [4.69, 9.17) is 0 Å². The van der Waals surface area contributed by atoms with Crippen LogP contribution in [-0.4, -0.2) is 32.7 Å². The molecule has 0 aliphatic carbocycles. The minimum absolute atomic E-state index is 0.0442. The first kappa shape index (κ1) is 13.4. The monoisotopic (exact) mass is 258 g/mol. The quantitative estimate of drug-likeness (QED) is 0.858. The number of aromatic nitrogens is 3. The number of anilines is 1. The number of rotatable bonds is 5. The van der Waals surface area contributed by atoms with Crippen molar-refractivity contribution < 1.29 is 5.11 Å². The minimum Gasteiger partial charge on any atom is -0.394 e. The largest absolute Gasteiger partial charge is 0.394 e. The Morgan fingerprint density at radius 3 is 2.42 bits per heavy atom. The van der Waals surface area contributed by atoms with Crippen LogP contribution in [0.15, 0.2) is 36.9 Å². The molecule has 100 valence electrons. The second kappa shape index (κ2) is 6.24. The minimum atomic E-state index is -0.0442. The molecule has 2 aromatic rings. The van der Waals surface area contributed by atoms with Gasteiger partial charge in [0.05, 0.1) is 12.6 Å². The predicted molar refractivity (Wildman–Crippen MR) is 74.6 cm³/mol. The number of pyridine rings is 1. The zero-order valence-corrected chi connectivity index (χ0v) is 11.1. The standard InChI is InChI=1S/C14H18N4O/c1-10(2)12(9-19)18-14-13(16-7-8-17-14)11-3-5-15-6-4-11/h3-8,10,12,19H,9H2,1-2H3,(H,17,18)/t12-/m0/s1. The lowest BCUT2D eigenvalue weighted by Gasteiger charge is -2.21. The van der Waals surface area contributed by atoms with Crippen LogP contribution >= 0.6 is 0 Å². The molecule has 2 heterocycles. The van der Waals surface area contributed by atoms with Crippen molar-refractivity contribution >= 4 is 5.82 Å². The molecule has 2 aromatic heterocycles. The summed E-state index contributed by atoms with van der Waals surface area (Å²) in [7, 11) is 0. The molecule has 0 aliphatic heterocycles. The maximum atomic E-state index is 9.40. The molecule has 1 atom stereocenters. The summed E-state index contributed by atoms with van der Waals surface area (Å²) < 4.78 is 0. The number of aliphatic hydroxyl groups is 1. The van der Waals surface area contributed by atoms with Crippen molar-refractivity contribution in [2.24, 2.45) is 5.92 Å². The van der Waals surface area contributed by atoms with Crippen LogP contribution in [0.5, 0.6) is 0 Å². The van der Waals surface area contributed by atoms with E-state index < -0.39 is 0 Å². The zero-order chi connectivity index (χ0) is 13.7. The van der Waals surface area contributed by atoms with Crippen LogP contribution in [0.3, 0.4) is 0 Å². The molecule has 5 heteroatoms. The summed E-state index contributed by atoms with van der Waals surface area (Å²) in [5.74, 6) is 0.985. The lowest BCUT2D eigenvalue weighted by atomic mass is 10.1. The molecule has 0 spiro atoms. The van der Waals surface area contributed by atoms with Crippen molar-refractivity contribution in [2.75, 3.05) is 11.9 Å². The maximum Gasteiger partial charge on any atom is 0.152 e. The summed E-state index contributed by atoms with van der Waals surface area (Å²) in [5, 5.41) is 12.6. The predicted octanol–water partition coefficient (Wildman–Crippen LogP) is 1.97. The second-order valence-corrected chi connectivity index (χ2v) is 4.67. The first-order valence-corrected chi connectivity index (χ1v) is 6.31. The first-order valence-electron chi connectivity index (χ1n) is 6.31. The molecular weight excluding hydrogens is 240 g/mol. The molecule has 0 aromatic carbocycles. The average Bonchev–Trinajstić information content (AvgIpc) is 2.45. The molecule has 2 N–H and O–H groups in total. The van der Waals surface area contributed by atoms with Gasteiger partial charge in [0.2, 0.25) is 0 Å². The molecule has 2 rings (SSSR count). The van der Waals surface area contributed by atoms with Crippen LogP contribution in [0, 0.1) is 5.92 Å². The van der Waals surface area contributed by atoms with E-state index in [1.807, 2.05) is 12.1 Å². The van der Waals surface area contributed by atoms with Gasteiger partial charge in [-0.05, 0) is 18.1 Å². The Labute approximate surface area is 112 Å². The van der Waals surface area contributed by atoms with E-state index in [1.165, 1.54) is 0 Å². The number of nitrogens with one attached hydrogen (secondary N) is 1. The van der Waals surface area contributed by atoms with Crippen LogP contribution in [0.4, 0.5) is 5.82 Å². The summed E-state index contributed by atoms with van der Waals surface area (Å²) in [4.78, 5) is 12.7. The molecule has 0 radical (unpaired) electrons. The summed E-state index contributed by atoms with van der Waals surface area (Å²) in [5.41, 5.74) is 1.72. The smallest absolute Gasteiger partial charge is 0.152 e. The van der Waals surface area contributed by atoms with Crippen molar-refractivity contribution in [3.63, 3.8) is 0 Å². The van der Waals surface area contributed by atoms with E-state index in [0.29, 0.717) is 11.7 Å². The molecule has 0 saturated carbocycles. The summed E-state index contributed by atoms with van der Waals surface area (Å²) in [6.07, 6.45) is 6.74. The average molecular weight is 258 g/mol. The summed E-state index contributed by atoms with van der Waals surface area (Å²) in [6.45, 7) is 4.16. The SMILES string of the molecule is CC(C)[C@H](CO)Nc1nccnc1-c1ccncc1.